The minimum Gasteiger partial charge on any atom is -0.288 e. The molecule has 1 nitrogen and oxygen atoms in total. The Hall–Kier alpha value is -0.640. The van der Waals surface area contributed by atoms with Crippen LogP contribution in [0.4, 0.5) is 0 Å². The maximum atomic E-state index is 12.2. The quantitative estimate of drug-likeness (QED) is 0.708. The molecule has 0 radical (unpaired) electrons. The van der Waals surface area contributed by atoms with Gasteiger partial charge in [-0.2, -0.15) is 0 Å². The smallest absolute Gasteiger partial charge is 0.203 e. The van der Waals surface area contributed by atoms with Gasteiger partial charge in [-0.15, -0.1) is 11.3 Å². The monoisotopic (exact) mass is 328 g/mol. The molecule has 2 aromatic rings. The minimum atomic E-state index is 0.0226. The molecule has 0 aliphatic heterocycles. The standard InChI is InChI=1S/C13H10BrClOS/c1-7-3-9(6-10(15)4-7)12(16)11-5-8(2)13(14)17-11/h3-6H,1-2H3. The number of thiophene rings is 1. The van der Waals surface area contributed by atoms with Gasteiger partial charge in [0, 0.05) is 10.6 Å². The van der Waals surface area contributed by atoms with E-state index in [9.17, 15) is 4.79 Å². The van der Waals surface area contributed by atoms with Gasteiger partial charge in [-0.1, -0.05) is 11.6 Å². The fourth-order valence-corrected chi connectivity index (χ4v) is 3.37. The lowest BCUT2D eigenvalue weighted by molar-refractivity contribution is 0.104. The van der Waals surface area contributed by atoms with Crippen LogP contribution in [0.15, 0.2) is 28.1 Å². The van der Waals surface area contributed by atoms with Crippen molar-refractivity contribution < 1.29 is 4.79 Å². The van der Waals surface area contributed by atoms with Crippen LogP contribution in [0.2, 0.25) is 5.02 Å². The highest BCUT2D eigenvalue weighted by Crippen LogP contribution is 2.29. The van der Waals surface area contributed by atoms with Crippen molar-refractivity contribution in [1.82, 2.24) is 0 Å². The van der Waals surface area contributed by atoms with Gasteiger partial charge in [0.15, 0.2) is 0 Å². The zero-order valence-electron chi connectivity index (χ0n) is 9.38. The molecule has 0 aliphatic carbocycles. The molecule has 0 spiro atoms. The highest BCUT2D eigenvalue weighted by atomic mass is 79.9. The Kier molecular flexibility index (Phi) is 3.71. The molecule has 0 amide bonds. The van der Waals surface area contributed by atoms with Crippen molar-refractivity contribution in [1.29, 1.82) is 0 Å². The van der Waals surface area contributed by atoms with Crippen LogP contribution < -0.4 is 0 Å². The number of benzene rings is 1. The van der Waals surface area contributed by atoms with E-state index in [2.05, 4.69) is 15.9 Å². The first-order valence-corrected chi connectivity index (χ1v) is 7.04. The van der Waals surface area contributed by atoms with Crippen LogP contribution in [0.3, 0.4) is 0 Å². The first-order chi connectivity index (χ1) is 7.97. The van der Waals surface area contributed by atoms with Crippen LogP contribution in [0, 0.1) is 13.8 Å². The Morgan fingerprint density at radius 1 is 1.24 bits per heavy atom. The number of halogens is 2. The summed E-state index contributed by atoms with van der Waals surface area (Å²) in [5, 5.41) is 0.598. The van der Waals surface area contributed by atoms with Gasteiger partial charge in [0.1, 0.15) is 0 Å². The topological polar surface area (TPSA) is 17.1 Å². The summed E-state index contributed by atoms with van der Waals surface area (Å²) in [6.07, 6.45) is 0. The molecule has 1 aromatic heterocycles. The third-order valence-corrected chi connectivity index (χ3v) is 4.74. The molecule has 0 N–H and O–H groups in total. The first-order valence-electron chi connectivity index (χ1n) is 5.05. The fraction of sp³-hybridized carbons (Fsp3) is 0.154. The number of ketones is 1. The Morgan fingerprint density at radius 2 is 1.94 bits per heavy atom. The molecule has 0 unspecified atom stereocenters. The molecule has 1 aromatic carbocycles. The summed E-state index contributed by atoms with van der Waals surface area (Å²) in [6.45, 7) is 3.90. The molecule has 0 saturated heterocycles. The minimum absolute atomic E-state index is 0.0226. The van der Waals surface area contributed by atoms with E-state index in [0.29, 0.717) is 10.6 Å². The van der Waals surface area contributed by atoms with Gasteiger partial charge in [0.2, 0.25) is 5.78 Å². The van der Waals surface area contributed by atoms with E-state index < -0.39 is 0 Å². The molecule has 0 bridgehead atoms. The molecule has 2 rings (SSSR count). The Balaban J connectivity index is 2.43. The van der Waals surface area contributed by atoms with Crippen molar-refractivity contribution >= 4 is 44.7 Å². The number of carbonyl (C=O) groups excluding carboxylic acids is 1. The average molecular weight is 330 g/mol. The third-order valence-electron chi connectivity index (χ3n) is 2.39. The molecule has 88 valence electrons. The van der Waals surface area contributed by atoms with E-state index >= 15 is 0 Å². The zero-order valence-corrected chi connectivity index (χ0v) is 12.5. The lowest BCUT2D eigenvalue weighted by Gasteiger charge is -2.01. The molecular formula is C13H10BrClOS. The van der Waals surface area contributed by atoms with Crippen LogP contribution in [0.1, 0.15) is 26.4 Å². The van der Waals surface area contributed by atoms with Gasteiger partial charge in [-0.25, -0.2) is 0 Å². The van der Waals surface area contributed by atoms with Crippen LogP contribution in [0.5, 0.6) is 0 Å². The van der Waals surface area contributed by atoms with Gasteiger partial charge >= 0.3 is 0 Å². The SMILES string of the molecule is Cc1cc(Cl)cc(C(=O)c2cc(C)c(Br)s2)c1. The van der Waals surface area contributed by atoms with Crippen molar-refractivity contribution in [3.05, 3.63) is 54.6 Å². The summed E-state index contributed by atoms with van der Waals surface area (Å²) < 4.78 is 1.000. The second-order valence-electron chi connectivity index (χ2n) is 3.91. The molecule has 4 heteroatoms. The summed E-state index contributed by atoms with van der Waals surface area (Å²) in [5.41, 5.74) is 2.72. The summed E-state index contributed by atoms with van der Waals surface area (Å²) in [5.74, 6) is 0.0226. The van der Waals surface area contributed by atoms with E-state index in [-0.39, 0.29) is 5.78 Å². The van der Waals surface area contributed by atoms with Gasteiger partial charge < -0.3 is 0 Å². The van der Waals surface area contributed by atoms with Crippen molar-refractivity contribution in [3.63, 3.8) is 0 Å². The van der Waals surface area contributed by atoms with Gasteiger partial charge in [-0.05, 0) is 65.2 Å². The molecule has 0 saturated carbocycles. The molecule has 0 fully saturated rings. The van der Waals surface area contributed by atoms with Gasteiger partial charge in [0.25, 0.3) is 0 Å². The first kappa shape index (κ1) is 12.8. The van der Waals surface area contributed by atoms with Crippen molar-refractivity contribution in [2.75, 3.05) is 0 Å². The van der Waals surface area contributed by atoms with E-state index in [1.807, 2.05) is 32.0 Å². The van der Waals surface area contributed by atoms with Crippen LogP contribution in [-0.2, 0) is 0 Å². The maximum Gasteiger partial charge on any atom is 0.203 e. The number of aryl methyl sites for hydroxylation is 2. The summed E-state index contributed by atoms with van der Waals surface area (Å²) >= 11 is 10.8. The molecule has 17 heavy (non-hydrogen) atoms. The molecular weight excluding hydrogens is 320 g/mol. The van der Waals surface area contributed by atoms with E-state index in [0.717, 1.165) is 19.8 Å². The number of rotatable bonds is 2. The predicted octanol–water partition coefficient (Wildman–Crippen LogP) is 5.01. The maximum absolute atomic E-state index is 12.2. The predicted molar refractivity (Wildman–Crippen MR) is 76.4 cm³/mol. The van der Waals surface area contributed by atoms with Crippen molar-refractivity contribution in [2.24, 2.45) is 0 Å². The second kappa shape index (κ2) is 4.92. The van der Waals surface area contributed by atoms with Gasteiger partial charge in [0.05, 0.1) is 8.66 Å². The Morgan fingerprint density at radius 3 is 2.47 bits per heavy atom. The highest BCUT2D eigenvalue weighted by molar-refractivity contribution is 9.11. The third kappa shape index (κ3) is 2.79. The average Bonchev–Trinajstić information content (AvgIpc) is 2.57. The second-order valence-corrected chi connectivity index (χ2v) is 6.72. The van der Waals surface area contributed by atoms with E-state index in [1.54, 1.807) is 6.07 Å². The Labute approximate surface area is 118 Å². The van der Waals surface area contributed by atoms with Crippen molar-refractivity contribution in [2.45, 2.75) is 13.8 Å². The lowest BCUT2D eigenvalue weighted by atomic mass is 10.1. The number of carbonyl (C=O) groups is 1. The number of hydrogen-bond acceptors (Lipinski definition) is 2. The fourth-order valence-electron chi connectivity index (χ4n) is 1.58. The van der Waals surface area contributed by atoms with Gasteiger partial charge in [-0.3, -0.25) is 4.79 Å². The number of hydrogen-bond donors (Lipinski definition) is 0. The molecule has 0 aliphatic rings. The van der Waals surface area contributed by atoms with Crippen LogP contribution in [0.25, 0.3) is 0 Å². The van der Waals surface area contributed by atoms with Crippen LogP contribution >= 0.6 is 38.9 Å². The summed E-state index contributed by atoms with van der Waals surface area (Å²) in [7, 11) is 0. The summed E-state index contributed by atoms with van der Waals surface area (Å²) in [6, 6.07) is 7.30. The largest absolute Gasteiger partial charge is 0.288 e. The van der Waals surface area contributed by atoms with Crippen LogP contribution in [-0.4, -0.2) is 5.78 Å². The van der Waals surface area contributed by atoms with E-state index in [4.69, 9.17) is 11.6 Å². The normalized spacial score (nSPS) is 10.6. The molecule has 0 atom stereocenters. The molecule has 1 heterocycles. The van der Waals surface area contributed by atoms with Crippen molar-refractivity contribution in [3.8, 4) is 0 Å². The highest BCUT2D eigenvalue weighted by Gasteiger charge is 2.14. The summed E-state index contributed by atoms with van der Waals surface area (Å²) in [4.78, 5) is 13.0. The van der Waals surface area contributed by atoms with E-state index in [1.165, 1.54) is 11.3 Å². The lowest BCUT2D eigenvalue weighted by Crippen LogP contribution is -1.98. The Bertz CT molecular complexity index is 549. The zero-order chi connectivity index (χ0) is 12.6.